The molecular weight excluding hydrogens is 363 g/mol. The summed E-state index contributed by atoms with van der Waals surface area (Å²) in [7, 11) is 1.89. The molecular formula is C20H21FN4OS. The third kappa shape index (κ3) is 4.54. The van der Waals surface area contributed by atoms with Gasteiger partial charge in [-0.15, -0.1) is 10.2 Å². The molecule has 2 atom stereocenters. The van der Waals surface area contributed by atoms with E-state index in [2.05, 4.69) is 15.5 Å². The van der Waals surface area contributed by atoms with Gasteiger partial charge in [-0.3, -0.25) is 4.79 Å². The van der Waals surface area contributed by atoms with E-state index in [1.807, 2.05) is 55.8 Å². The number of aromatic nitrogens is 3. The second-order valence-corrected chi connectivity index (χ2v) is 7.58. The smallest absolute Gasteiger partial charge is 0.233 e. The molecule has 1 aromatic heterocycles. The minimum Gasteiger partial charge on any atom is -0.349 e. The number of thioether (sulfide) groups is 1. The summed E-state index contributed by atoms with van der Waals surface area (Å²) in [5, 5.41) is 11.7. The molecule has 0 aliphatic rings. The maximum absolute atomic E-state index is 13.0. The molecule has 0 saturated carbocycles. The first-order valence-corrected chi connectivity index (χ1v) is 9.51. The number of rotatable bonds is 6. The zero-order chi connectivity index (χ0) is 19.4. The van der Waals surface area contributed by atoms with Gasteiger partial charge in [-0.05, 0) is 31.5 Å². The molecule has 0 saturated heterocycles. The van der Waals surface area contributed by atoms with E-state index in [0.29, 0.717) is 5.16 Å². The molecule has 140 valence electrons. The molecule has 0 radical (unpaired) electrons. The van der Waals surface area contributed by atoms with Gasteiger partial charge in [-0.1, -0.05) is 54.2 Å². The highest BCUT2D eigenvalue weighted by molar-refractivity contribution is 8.00. The average molecular weight is 384 g/mol. The second kappa shape index (κ2) is 8.35. The average Bonchev–Trinajstić information content (AvgIpc) is 3.03. The maximum Gasteiger partial charge on any atom is 0.233 e. The molecule has 1 amide bonds. The zero-order valence-corrected chi connectivity index (χ0v) is 16.2. The van der Waals surface area contributed by atoms with Gasteiger partial charge in [-0.2, -0.15) is 0 Å². The Balaban J connectivity index is 1.65. The Kier molecular flexibility index (Phi) is 5.91. The molecule has 3 aromatic rings. The van der Waals surface area contributed by atoms with Crippen LogP contribution in [-0.2, 0) is 11.8 Å². The number of carbonyl (C=O) groups is 1. The SMILES string of the molecule is C[C@H](Sc1nnc(-c2ccccc2)n1C)C(=O)N[C@@H](C)c1ccc(F)cc1. The Labute approximate surface area is 162 Å². The van der Waals surface area contributed by atoms with Crippen LogP contribution in [0.4, 0.5) is 4.39 Å². The number of nitrogens with one attached hydrogen (secondary N) is 1. The van der Waals surface area contributed by atoms with Crippen LogP contribution in [-0.4, -0.2) is 25.9 Å². The standard InChI is InChI=1S/C20H21FN4OS/c1-13(15-9-11-17(21)12-10-15)22-19(26)14(2)27-20-24-23-18(25(20)3)16-7-5-4-6-8-16/h4-14H,1-3H3,(H,22,26)/t13-,14-/m0/s1. The summed E-state index contributed by atoms with van der Waals surface area (Å²) in [6.45, 7) is 3.70. The van der Waals surface area contributed by atoms with Crippen molar-refractivity contribution in [1.82, 2.24) is 20.1 Å². The fourth-order valence-corrected chi connectivity index (χ4v) is 3.46. The first-order valence-electron chi connectivity index (χ1n) is 8.63. The summed E-state index contributed by atoms with van der Waals surface area (Å²) in [6.07, 6.45) is 0. The molecule has 0 spiro atoms. The van der Waals surface area contributed by atoms with Gasteiger partial charge in [0, 0.05) is 12.6 Å². The summed E-state index contributed by atoms with van der Waals surface area (Å²) >= 11 is 1.35. The largest absolute Gasteiger partial charge is 0.349 e. The molecule has 7 heteroatoms. The van der Waals surface area contributed by atoms with Crippen molar-refractivity contribution in [3.8, 4) is 11.4 Å². The molecule has 1 heterocycles. The summed E-state index contributed by atoms with van der Waals surface area (Å²) in [5.74, 6) is 0.351. The first kappa shape index (κ1) is 19.1. The highest BCUT2D eigenvalue weighted by Gasteiger charge is 2.21. The van der Waals surface area contributed by atoms with Crippen molar-refractivity contribution in [3.63, 3.8) is 0 Å². The molecule has 1 N–H and O–H groups in total. The fraction of sp³-hybridized carbons (Fsp3) is 0.250. The summed E-state index contributed by atoms with van der Waals surface area (Å²) < 4.78 is 14.9. The van der Waals surface area contributed by atoms with E-state index in [1.165, 1.54) is 23.9 Å². The lowest BCUT2D eigenvalue weighted by molar-refractivity contribution is -0.120. The van der Waals surface area contributed by atoms with Crippen LogP contribution in [0.1, 0.15) is 25.5 Å². The normalized spacial score (nSPS) is 13.2. The lowest BCUT2D eigenvalue weighted by atomic mass is 10.1. The van der Waals surface area contributed by atoms with E-state index in [-0.39, 0.29) is 23.0 Å². The van der Waals surface area contributed by atoms with Gasteiger partial charge in [0.25, 0.3) is 0 Å². The van der Waals surface area contributed by atoms with Gasteiger partial charge in [0.05, 0.1) is 11.3 Å². The summed E-state index contributed by atoms with van der Waals surface area (Å²) in [6, 6.07) is 15.7. The van der Waals surface area contributed by atoms with Crippen LogP contribution < -0.4 is 5.32 Å². The van der Waals surface area contributed by atoms with E-state index in [9.17, 15) is 9.18 Å². The predicted molar refractivity (Wildman–Crippen MR) is 105 cm³/mol. The molecule has 0 fully saturated rings. The van der Waals surface area contributed by atoms with Gasteiger partial charge in [0.2, 0.25) is 5.91 Å². The monoisotopic (exact) mass is 384 g/mol. The van der Waals surface area contributed by atoms with Crippen molar-refractivity contribution in [2.45, 2.75) is 30.3 Å². The van der Waals surface area contributed by atoms with Crippen molar-refractivity contribution in [3.05, 3.63) is 66.0 Å². The maximum atomic E-state index is 13.0. The van der Waals surface area contributed by atoms with Crippen LogP contribution in [0.3, 0.4) is 0 Å². The molecule has 0 unspecified atom stereocenters. The summed E-state index contributed by atoms with van der Waals surface area (Å²) in [4.78, 5) is 12.5. The molecule has 0 bridgehead atoms. The molecule has 0 aliphatic heterocycles. The van der Waals surface area contributed by atoms with Crippen LogP contribution in [0.2, 0.25) is 0 Å². The Morgan fingerprint density at radius 3 is 2.41 bits per heavy atom. The number of halogens is 1. The highest BCUT2D eigenvalue weighted by atomic mass is 32.2. The molecule has 27 heavy (non-hydrogen) atoms. The number of hydrogen-bond donors (Lipinski definition) is 1. The minimum absolute atomic E-state index is 0.110. The third-order valence-electron chi connectivity index (χ3n) is 4.25. The quantitative estimate of drug-likeness (QED) is 0.653. The van der Waals surface area contributed by atoms with Crippen molar-refractivity contribution in [2.75, 3.05) is 0 Å². The second-order valence-electron chi connectivity index (χ2n) is 6.27. The Bertz CT molecular complexity index is 911. The lowest BCUT2D eigenvalue weighted by Crippen LogP contribution is -2.33. The highest BCUT2D eigenvalue weighted by Crippen LogP contribution is 2.26. The van der Waals surface area contributed by atoms with E-state index < -0.39 is 0 Å². The summed E-state index contributed by atoms with van der Waals surface area (Å²) in [5.41, 5.74) is 1.83. The number of amides is 1. The minimum atomic E-state index is -0.348. The van der Waals surface area contributed by atoms with Crippen LogP contribution in [0.15, 0.2) is 59.8 Å². The van der Waals surface area contributed by atoms with E-state index in [4.69, 9.17) is 0 Å². The van der Waals surface area contributed by atoms with Crippen LogP contribution in [0.5, 0.6) is 0 Å². The van der Waals surface area contributed by atoms with Gasteiger partial charge in [-0.25, -0.2) is 4.39 Å². The van der Waals surface area contributed by atoms with Crippen molar-refractivity contribution in [1.29, 1.82) is 0 Å². The lowest BCUT2D eigenvalue weighted by Gasteiger charge is -2.17. The van der Waals surface area contributed by atoms with E-state index in [0.717, 1.165) is 17.0 Å². The van der Waals surface area contributed by atoms with Crippen LogP contribution in [0.25, 0.3) is 11.4 Å². The Hall–Kier alpha value is -2.67. The third-order valence-corrected chi connectivity index (χ3v) is 5.38. The molecule has 3 rings (SSSR count). The van der Waals surface area contributed by atoms with Gasteiger partial charge in [0.1, 0.15) is 5.82 Å². The van der Waals surface area contributed by atoms with E-state index in [1.54, 1.807) is 12.1 Å². The predicted octanol–water partition coefficient (Wildman–Crippen LogP) is 3.98. The first-order chi connectivity index (χ1) is 13.0. The van der Waals surface area contributed by atoms with Crippen molar-refractivity contribution >= 4 is 17.7 Å². The molecule has 2 aromatic carbocycles. The number of hydrogen-bond acceptors (Lipinski definition) is 4. The van der Waals surface area contributed by atoms with Gasteiger partial charge < -0.3 is 9.88 Å². The Morgan fingerprint density at radius 1 is 1.07 bits per heavy atom. The molecule has 5 nitrogen and oxygen atoms in total. The van der Waals surface area contributed by atoms with E-state index >= 15 is 0 Å². The molecule has 0 aliphatic carbocycles. The number of nitrogens with zero attached hydrogens (tertiary/aromatic N) is 3. The number of carbonyl (C=O) groups excluding carboxylic acids is 1. The van der Waals surface area contributed by atoms with Crippen LogP contribution >= 0.6 is 11.8 Å². The van der Waals surface area contributed by atoms with Gasteiger partial charge >= 0.3 is 0 Å². The van der Waals surface area contributed by atoms with Crippen molar-refractivity contribution < 1.29 is 9.18 Å². The van der Waals surface area contributed by atoms with Gasteiger partial charge in [0.15, 0.2) is 11.0 Å². The zero-order valence-electron chi connectivity index (χ0n) is 15.4. The van der Waals surface area contributed by atoms with Crippen LogP contribution in [0, 0.1) is 5.82 Å². The number of benzene rings is 2. The topological polar surface area (TPSA) is 59.8 Å². The Morgan fingerprint density at radius 2 is 1.74 bits per heavy atom. The van der Waals surface area contributed by atoms with Crippen molar-refractivity contribution in [2.24, 2.45) is 7.05 Å². The fourth-order valence-electron chi connectivity index (χ4n) is 2.63.